The van der Waals surface area contributed by atoms with Gasteiger partial charge in [-0.15, -0.1) is 0 Å². The number of nitrogen functional groups attached to an aromatic ring is 1. The van der Waals surface area contributed by atoms with Crippen molar-refractivity contribution in [1.82, 2.24) is 0 Å². The summed E-state index contributed by atoms with van der Waals surface area (Å²) in [6.45, 7) is 0. The minimum atomic E-state index is 0.634. The lowest BCUT2D eigenvalue weighted by Crippen LogP contribution is -2.00. The normalized spacial score (nSPS) is 9.83. The third-order valence-electron chi connectivity index (χ3n) is 1.37. The molecule has 0 aliphatic carbocycles. The molecular weight excluding hydrogens is 174 g/mol. The van der Waals surface area contributed by atoms with Crippen molar-refractivity contribution < 1.29 is 4.84 Å². The highest BCUT2D eigenvalue weighted by Crippen LogP contribution is 2.23. The van der Waals surface area contributed by atoms with Crippen LogP contribution in [0.2, 0.25) is 0 Å². The number of rotatable bonds is 3. The van der Waals surface area contributed by atoms with E-state index in [0.29, 0.717) is 5.69 Å². The van der Waals surface area contributed by atoms with Crippen molar-refractivity contribution in [3.63, 3.8) is 0 Å². The molecule has 4 nitrogen and oxygen atoms in total. The predicted molar refractivity (Wildman–Crippen MR) is 51.5 cm³/mol. The van der Waals surface area contributed by atoms with Gasteiger partial charge in [0.15, 0.2) is 0 Å². The van der Waals surface area contributed by atoms with Gasteiger partial charge in [-0.1, -0.05) is 0 Å². The van der Waals surface area contributed by atoms with Crippen LogP contribution in [0.4, 0.5) is 11.4 Å². The first-order valence-corrected chi connectivity index (χ1v) is 4.21. The van der Waals surface area contributed by atoms with E-state index in [-0.39, 0.29) is 0 Å². The Bertz CT molecular complexity index is 267. The van der Waals surface area contributed by atoms with Crippen LogP contribution in [-0.2, 0) is 4.84 Å². The van der Waals surface area contributed by atoms with Crippen molar-refractivity contribution in [2.45, 2.75) is 4.90 Å². The minimum absolute atomic E-state index is 0.634. The zero-order valence-electron chi connectivity index (χ0n) is 6.70. The molecule has 5 heteroatoms. The highest BCUT2D eigenvalue weighted by atomic mass is 32.2. The molecule has 0 saturated heterocycles. The summed E-state index contributed by atoms with van der Waals surface area (Å²) < 4.78 is 0. The van der Waals surface area contributed by atoms with Gasteiger partial charge in [0.2, 0.25) is 0 Å². The van der Waals surface area contributed by atoms with Crippen LogP contribution < -0.4 is 16.4 Å². The first kappa shape index (κ1) is 9.18. The fourth-order valence-corrected chi connectivity index (χ4v) is 1.14. The summed E-state index contributed by atoms with van der Waals surface area (Å²) in [6, 6.07) is 5.45. The van der Waals surface area contributed by atoms with Crippen LogP contribution in [0.1, 0.15) is 0 Å². The van der Waals surface area contributed by atoms with Crippen molar-refractivity contribution in [1.29, 1.82) is 0 Å². The van der Waals surface area contributed by atoms with E-state index in [9.17, 15) is 0 Å². The monoisotopic (exact) mass is 185 g/mol. The summed E-state index contributed by atoms with van der Waals surface area (Å²) >= 11 is 1.17. The van der Waals surface area contributed by atoms with Gasteiger partial charge in [0.05, 0.1) is 18.5 Å². The van der Waals surface area contributed by atoms with Crippen molar-refractivity contribution in [2.75, 3.05) is 18.3 Å². The summed E-state index contributed by atoms with van der Waals surface area (Å²) in [6.07, 6.45) is 0. The topological polar surface area (TPSA) is 73.3 Å². The van der Waals surface area contributed by atoms with Crippen molar-refractivity contribution >= 4 is 23.3 Å². The molecule has 0 bridgehead atoms. The van der Waals surface area contributed by atoms with Gasteiger partial charge >= 0.3 is 0 Å². The van der Waals surface area contributed by atoms with Crippen molar-refractivity contribution in [3.05, 3.63) is 18.2 Å². The van der Waals surface area contributed by atoms with Crippen molar-refractivity contribution in [3.8, 4) is 0 Å². The standard InChI is InChI=1S/C7H11N3OS/c1-11-10-7-4-5(12-9)2-3-6(7)8/h2-4,10H,8-9H2,1H3. The third-order valence-corrected chi connectivity index (χ3v) is 1.90. The second-order valence-corrected chi connectivity index (χ2v) is 2.88. The molecule has 66 valence electrons. The molecule has 0 aliphatic rings. The lowest BCUT2D eigenvalue weighted by atomic mass is 10.3. The van der Waals surface area contributed by atoms with Gasteiger partial charge in [0.1, 0.15) is 0 Å². The van der Waals surface area contributed by atoms with Gasteiger partial charge in [-0.2, -0.15) is 0 Å². The first-order valence-electron chi connectivity index (χ1n) is 3.33. The molecule has 1 aromatic carbocycles. The zero-order chi connectivity index (χ0) is 8.97. The molecule has 1 rings (SSSR count). The second kappa shape index (κ2) is 4.20. The molecule has 0 saturated carbocycles. The SMILES string of the molecule is CONc1cc(SN)ccc1N. The van der Waals surface area contributed by atoms with Gasteiger partial charge in [-0.3, -0.25) is 15.5 Å². The number of hydrogen-bond acceptors (Lipinski definition) is 5. The molecule has 0 radical (unpaired) electrons. The van der Waals surface area contributed by atoms with Gasteiger partial charge in [0.25, 0.3) is 0 Å². The van der Waals surface area contributed by atoms with E-state index in [1.54, 1.807) is 6.07 Å². The summed E-state index contributed by atoms with van der Waals surface area (Å²) in [5, 5.41) is 5.37. The molecule has 0 unspecified atom stereocenters. The Morgan fingerprint density at radius 2 is 2.25 bits per heavy atom. The highest BCUT2D eigenvalue weighted by molar-refractivity contribution is 7.97. The van der Waals surface area contributed by atoms with Crippen LogP contribution in [-0.4, -0.2) is 7.11 Å². The fourth-order valence-electron chi connectivity index (χ4n) is 0.807. The average Bonchev–Trinajstić information content (AvgIpc) is 2.09. The van der Waals surface area contributed by atoms with E-state index in [4.69, 9.17) is 15.7 Å². The highest BCUT2D eigenvalue weighted by Gasteiger charge is 1.99. The van der Waals surface area contributed by atoms with Gasteiger partial charge in [-0.05, 0) is 30.1 Å². The molecule has 0 atom stereocenters. The molecule has 0 aromatic heterocycles. The van der Waals surface area contributed by atoms with Gasteiger partial charge < -0.3 is 5.73 Å². The fraction of sp³-hybridized carbons (Fsp3) is 0.143. The lowest BCUT2D eigenvalue weighted by molar-refractivity contribution is 0.271. The van der Waals surface area contributed by atoms with Crippen LogP contribution >= 0.6 is 11.9 Å². The number of nitrogens with two attached hydrogens (primary N) is 2. The Morgan fingerprint density at radius 1 is 1.50 bits per heavy atom. The zero-order valence-corrected chi connectivity index (χ0v) is 7.52. The smallest absolute Gasteiger partial charge is 0.0845 e. The molecule has 0 aliphatic heterocycles. The number of nitrogens with one attached hydrogen (secondary N) is 1. The maximum Gasteiger partial charge on any atom is 0.0845 e. The largest absolute Gasteiger partial charge is 0.397 e. The maximum absolute atomic E-state index is 5.64. The molecule has 12 heavy (non-hydrogen) atoms. The van der Waals surface area contributed by atoms with E-state index in [2.05, 4.69) is 5.48 Å². The summed E-state index contributed by atoms with van der Waals surface area (Å²) in [7, 11) is 1.53. The van der Waals surface area contributed by atoms with E-state index in [1.807, 2.05) is 12.1 Å². The van der Waals surface area contributed by atoms with Crippen LogP contribution in [0.3, 0.4) is 0 Å². The predicted octanol–water partition coefficient (Wildman–Crippen LogP) is 1.21. The van der Waals surface area contributed by atoms with Crippen LogP contribution in [0, 0.1) is 0 Å². The third kappa shape index (κ3) is 2.04. The minimum Gasteiger partial charge on any atom is -0.397 e. The van der Waals surface area contributed by atoms with Crippen LogP contribution in [0.5, 0.6) is 0 Å². The lowest BCUT2D eigenvalue weighted by Gasteiger charge is -2.07. The first-order chi connectivity index (χ1) is 5.77. The number of anilines is 2. The Kier molecular flexibility index (Phi) is 3.21. The van der Waals surface area contributed by atoms with E-state index in [1.165, 1.54) is 19.1 Å². The van der Waals surface area contributed by atoms with Crippen LogP contribution in [0.15, 0.2) is 23.1 Å². The Balaban J connectivity index is 2.91. The maximum atomic E-state index is 5.64. The average molecular weight is 185 g/mol. The van der Waals surface area contributed by atoms with E-state index < -0.39 is 0 Å². The Hall–Kier alpha value is -0.910. The summed E-state index contributed by atoms with van der Waals surface area (Å²) in [5.41, 5.74) is 9.66. The molecule has 0 amide bonds. The molecule has 5 N–H and O–H groups in total. The molecular formula is C7H11N3OS. The Morgan fingerprint density at radius 3 is 2.83 bits per heavy atom. The van der Waals surface area contributed by atoms with Crippen molar-refractivity contribution in [2.24, 2.45) is 5.14 Å². The second-order valence-electron chi connectivity index (χ2n) is 2.17. The summed E-state index contributed by atoms with van der Waals surface area (Å²) in [5.74, 6) is 0. The van der Waals surface area contributed by atoms with Gasteiger partial charge in [0, 0.05) is 4.90 Å². The molecule has 0 spiro atoms. The summed E-state index contributed by atoms with van der Waals surface area (Å²) in [4.78, 5) is 5.66. The Labute approximate surface area is 75.4 Å². The van der Waals surface area contributed by atoms with Crippen LogP contribution in [0.25, 0.3) is 0 Å². The number of hydrogen-bond donors (Lipinski definition) is 3. The molecule has 1 aromatic rings. The quantitative estimate of drug-likeness (QED) is 0.375. The van der Waals surface area contributed by atoms with E-state index >= 15 is 0 Å². The molecule has 0 heterocycles. The van der Waals surface area contributed by atoms with E-state index in [0.717, 1.165) is 10.6 Å². The number of benzene rings is 1. The molecule has 0 fully saturated rings. The van der Waals surface area contributed by atoms with Gasteiger partial charge in [-0.25, -0.2) is 0 Å².